The average molecular weight is 300 g/mol. The van der Waals surface area contributed by atoms with Crippen molar-refractivity contribution in [2.75, 3.05) is 37.0 Å². The topological polar surface area (TPSA) is 67.3 Å². The molecule has 1 saturated heterocycles. The van der Waals surface area contributed by atoms with Gasteiger partial charge in [0.15, 0.2) is 0 Å². The summed E-state index contributed by atoms with van der Waals surface area (Å²) in [6.45, 7) is 3.57. The van der Waals surface area contributed by atoms with E-state index in [2.05, 4.69) is 24.8 Å². The van der Waals surface area contributed by atoms with Crippen LogP contribution in [0.5, 0.6) is 6.01 Å². The van der Waals surface area contributed by atoms with Crippen molar-refractivity contribution in [3.8, 4) is 6.01 Å². The van der Waals surface area contributed by atoms with E-state index in [0.717, 1.165) is 36.8 Å². The highest BCUT2D eigenvalue weighted by Crippen LogP contribution is 2.20. The predicted molar refractivity (Wildman–Crippen MR) is 84.4 cm³/mol. The van der Waals surface area contributed by atoms with Gasteiger partial charge in [-0.15, -0.1) is 0 Å². The highest BCUT2D eigenvalue weighted by Gasteiger charge is 2.26. The molecule has 2 aromatic rings. The standard InChI is InChI=1S/C15H20N6O/c1-11-8-17-15(18-9-11)22-12-5-7-21(10-12)14-16-6-4-13(19-14)20(2)3/h4,6,8-9,12H,5,7,10H2,1-3H3. The van der Waals surface area contributed by atoms with E-state index in [1.165, 1.54) is 0 Å². The number of hydrogen-bond acceptors (Lipinski definition) is 7. The largest absolute Gasteiger partial charge is 0.458 e. The molecule has 0 spiro atoms. The third-order valence-electron chi connectivity index (χ3n) is 3.54. The first-order valence-electron chi connectivity index (χ1n) is 7.32. The molecule has 3 rings (SSSR count). The second-order valence-electron chi connectivity index (χ2n) is 5.63. The molecule has 0 N–H and O–H groups in total. The Balaban J connectivity index is 1.64. The summed E-state index contributed by atoms with van der Waals surface area (Å²) in [5, 5.41) is 0. The van der Waals surface area contributed by atoms with Gasteiger partial charge >= 0.3 is 6.01 Å². The third-order valence-corrected chi connectivity index (χ3v) is 3.54. The second-order valence-corrected chi connectivity index (χ2v) is 5.63. The van der Waals surface area contributed by atoms with Crippen molar-refractivity contribution in [1.29, 1.82) is 0 Å². The zero-order valence-electron chi connectivity index (χ0n) is 13.1. The molecule has 1 aliphatic heterocycles. The molecule has 0 saturated carbocycles. The molecule has 0 radical (unpaired) electrons. The first-order valence-corrected chi connectivity index (χ1v) is 7.32. The Morgan fingerprint density at radius 2 is 2.00 bits per heavy atom. The van der Waals surface area contributed by atoms with Gasteiger partial charge in [-0.25, -0.2) is 15.0 Å². The number of rotatable bonds is 4. The maximum atomic E-state index is 5.83. The van der Waals surface area contributed by atoms with Crippen LogP contribution in [-0.2, 0) is 0 Å². The zero-order valence-corrected chi connectivity index (χ0v) is 13.1. The Kier molecular flexibility index (Phi) is 4.04. The molecule has 2 aromatic heterocycles. The van der Waals surface area contributed by atoms with Crippen molar-refractivity contribution in [2.45, 2.75) is 19.4 Å². The van der Waals surface area contributed by atoms with Crippen LogP contribution < -0.4 is 14.5 Å². The van der Waals surface area contributed by atoms with E-state index in [0.29, 0.717) is 6.01 Å². The maximum absolute atomic E-state index is 5.83. The molecule has 3 heterocycles. The van der Waals surface area contributed by atoms with E-state index < -0.39 is 0 Å². The molecule has 7 heteroatoms. The fourth-order valence-corrected chi connectivity index (χ4v) is 2.34. The van der Waals surface area contributed by atoms with Crippen molar-refractivity contribution in [3.05, 3.63) is 30.2 Å². The van der Waals surface area contributed by atoms with Gasteiger partial charge in [-0.3, -0.25) is 0 Å². The number of hydrogen-bond donors (Lipinski definition) is 0. The molecule has 0 aliphatic carbocycles. The van der Waals surface area contributed by atoms with Gasteiger partial charge in [-0.2, -0.15) is 4.98 Å². The molecule has 116 valence electrons. The molecular weight excluding hydrogens is 280 g/mol. The van der Waals surface area contributed by atoms with E-state index in [1.807, 2.05) is 32.0 Å². The number of aromatic nitrogens is 4. The van der Waals surface area contributed by atoms with Crippen LogP contribution in [0.1, 0.15) is 12.0 Å². The summed E-state index contributed by atoms with van der Waals surface area (Å²) < 4.78 is 5.83. The Bertz CT molecular complexity index is 630. The number of aryl methyl sites for hydroxylation is 1. The van der Waals surface area contributed by atoms with Crippen molar-refractivity contribution in [2.24, 2.45) is 0 Å². The Morgan fingerprint density at radius 1 is 1.23 bits per heavy atom. The summed E-state index contributed by atoms with van der Waals surface area (Å²) in [4.78, 5) is 21.4. The summed E-state index contributed by atoms with van der Waals surface area (Å²) in [7, 11) is 3.94. The second kappa shape index (κ2) is 6.13. The summed E-state index contributed by atoms with van der Waals surface area (Å²) in [5.74, 6) is 1.64. The van der Waals surface area contributed by atoms with E-state index in [9.17, 15) is 0 Å². The Morgan fingerprint density at radius 3 is 2.73 bits per heavy atom. The van der Waals surface area contributed by atoms with Gasteiger partial charge in [0.2, 0.25) is 5.95 Å². The molecule has 7 nitrogen and oxygen atoms in total. The minimum Gasteiger partial charge on any atom is -0.458 e. The zero-order chi connectivity index (χ0) is 15.5. The monoisotopic (exact) mass is 300 g/mol. The van der Waals surface area contributed by atoms with Gasteiger partial charge < -0.3 is 14.5 Å². The Hall–Kier alpha value is -2.44. The lowest BCUT2D eigenvalue weighted by Crippen LogP contribution is -2.27. The van der Waals surface area contributed by atoms with Gasteiger partial charge in [0, 0.05) is 45.7 Å². The quantitative estimate of drug-likeness (QED) is 0.843. The predicted octanol–water partition coefficient (Wildman–Crippen LogP) is 1.30. The lowest BCUT2D eigenvalue weighted by molar-refractivity contribution is 0.206. The molecular formula is C15H20N6O. The molecule has 0 bridgehead atoms. The normalized spacial score (nSPS) is 17.6. The number of ether oxygens (including phenoxy) is 1. The molecule has 0 aromatic carbocycles. The summed E-state index contributed by atoms with van der Waals surface area (Å²) in [6, 6.07) is 2.33. The molecule has 1 atom stereocenters. The van der Waals surface area contributed by atoms with Gasteiger partial charge in [0.05, 0.1) is 6.54 Å². The minimum absolute atomic E-state index is 0.0642. The van der Waals surface area contributed by atoms with Crippen LogP contribution in [0.15, 0.2) is 24.7 Å². The lowest BCUT2D eigenvalue weighted by Gasteiger charge is -2.18. The van der Waals surface area contributed by atoms with Crippen LogP contribution in [-0.4, -0.2) is 53.2 Å². The van der Waals surface area contributed by atoms with Crippen molar-refractivity contribution >= 4 is 11.8 Å². The summed E-state index contributed by atoms with van der Waals surface area (Å²) in [5.41, 5.74) is 1.02. The number of anilines is 2. The van der Waals surface area contributed by atoms with Crippen LogP contribution in [0.25, 0.3) is 0 Å². The van der Waals surface area contributed by atoms with Crippen LogP contribution in [0.2, 0.25) is 0 Å². The molecule has 1 fully saturated rings. The van der Waals surface area contributed by atoms with Crippen molar-refractivity contribution in [1.82, 2.24) is 19.9 Å². The van der Waals surface area contributed by atoms with Crippen LogP contribution in [0.3, 0.4) is 0 Å². The van der Waals surface area contributed by atoms with Crippen molar-refractivity contribution in [3.63, 3.8) is 0 Å². The lowest BCUT2D eigenvalue weighted by atomic mass is 10.3. The van der Waals surface area contributed by atoms with E-state index in [-0.39, 0.29) is 6.10 Å². The SMILES string of the molecule is Cc1cnc(OC2CCN(c3nccc(N(C)C)n3)C2)nc1. The fourth-order valence-electron chi connectivity index (χ4n) is 2.34. The molecule has 0 amide bonds. The fraction of sp³-hybridized carbons (Fsp3) is 0.467. The van der Waals surface area contributed by atoms with Gasteiger partial charge in [-0.05, 0) is 18.6 Å². The van der Waals surface area contributed by atoms with Crippen LogP contribution in [0.4, 0.5) is 11.8 Å². The first-order chi connectivity index (χ1) is 10.6. The first kappa shape index (κ1) is 14.5. The average Bonchev–Trinajstić information content (AvgIpc) is 2.98. The molecule has 22 heavy (non-hydrogen) atoms. The molecule has 1 aliphatic rings. The highest BCUT2D eigenvalue weighted by atomic mass is 16.5. The maximum Gasteiger partial charge on any atom is 0.316 e. The summed E-state index contributed by atoms with van der Waals surface area (Å²) in [6.07, 6.45) is 6.29. The van der Waals surface area contributed by atoms with Crippen LogP contribution >= 0.6 is 0 Å². The Labute approximate surface area is 130 Å². The molecule has 1 unspecified atom stereocenters. The van der Waals surface area contributed by atoms with Gasteiger partial charge in [0.1, 0.15) is 11.9 Å². The van der Waals surface area contributed by atoms with Crippen molar-refractivity contribution < 1.29 is 4.74 Å². The van der Waals surface area contributed by atoms with Crippen LogP contribution in [0, 0.1) is 6.92 Å². The third kappa shape index (κ3) is 3.24. The van der Waals surface area contributed by atoms with Gasteiger partial charge in [-0.1, -0.05) is 0 Å². The van der Waals surface area contributed by atoms with E-state index in [1.54, 1.807) is 18.6 Å². The van der Waals surface area contributed by atoms with E-state index in [4.69, 9.17) is 4.74 Å². The smallest absolute Gasteiger partial charge is 0.316 e. The summed E-state index contributed by atoms with van der Waals surface area (Å²) >= 11 is 0. The van der Waals surface area contributed by atoms with E-state index >= 15 is 0 Å². The number of nitrogens with zero attached hydrogens (tertiary/aromatic N) is 6. The highest BCUT2D eigenvalue weighted by molar-refractivity contribution is 5.43. The minimum atomic E-state index is 0.0642. The van der Waals surface area contributed by atoms with Gasteiger partial charge in [0.25, 0.3) is 0 Å².